The number of hydrogen-bond donors (Lipinski definition) is 3. The molecule has 0 aromatic heterocycles. The average Bonchev–Trinajstić information content (AvgIpc) is 2.45. The fourth-order valence-electron chi connectivity index (χ4n) is 1.45. The van der Waals surface area contributed by atoms with Gasteiger partial charge in [-0.25, -0.2) is 13.1 Å². The summed E-state index contributed by atoms with van der Waals surface area (Å²) in [6.07, 6.45) is 0. The molecule has 1 amide bonds. The van der Waals surface area contributed by atoms with E-state index in [-0.39, 0.29) is 41.9 Å². The summed E-state index contributed by atoms with van der Waals surface area (Å²) in [4.78, 5) is 11.8. The van der Waals surface area contributed by atoms with Crippen LogP contribution in [0.2, 0.25) is 0 Å². The molecule has 1 aromatic rings. The van der Waals surface area contributed by atoms with E-state index in [2.05, 4.69) is 10.0 Å². The smallest absolute Gasteiger partial charge is 0.251 e. The number of benzene rings is 1. The van der Waals surface area contributed by atoms with E-state index < -0.39 is 10.0 Å². The first kappa shape index (κ1) is 19.8. The Morgan fingerprint density at radius 1 is 1.33 bits per heavy atom. The second-order valence-electron chi connectivity index (χ2n) is 3.96. The number of rotatable bonds is 8. The van der Waals surface area contributed by atoms with Gasteiger partial charge in [-0.15, -0.1) is 12.4 Å². The molecular weight excluding hydrogens is 318 g/mol. The quantitative estimate of drug-likeness (QED) is 0.565. The minimum absolute atomic E-state index is 0. The highest BCUT2D eigenvalue weighted by Gasteiger charge is 2.15. The summed E-state index contributed by atoms with van der Waals surface area (Å²) in [6.45, 7) is 1.10. The number of ether oxygens (including phenoxy) is 1. The monoisotopic (exact) mass is 337 g/mol. The van der Waals surface area contributed by atoms with Crippen LogP contribution in [0.25, 0.3) is 0 Å². The number of nitrogens with one attached hydrogen (secondary N) is 2. The topological polar surface area (TPSA) is 111 Å². The maximum Gasteiger partial charge on any atom is 0.251 e. The Bertz CT molecular complexity index is 551. The highest BCUT2D eigenvalue weighted by Crippen LogP contribution is 2.11. The van der Waals surface area contributed by atoms with Crippen LogP contribution in [-0.2, 0) is 14.8 Å². The summed E-state index contributed by atoms with van der Waals surface area (Å²) in [5, 5.41) is 2.58. The molecule has 21 heavy (non-hydrogen) atoms. The molecule has 0 radical (unpaired) electrons. The third-order valence-corrected chi connectivity index (χ3v) is 3.89. The molecule has 0 aliphatic carbocycles. The van der Waals surface area contributed by atoms with E-state index in [1.807, 2.05) is 0 Å². The number of amides is 1. The number of nitrogens with two attached hydrogens (primary N) is 1. The largest absolute Gasteiger partial charge is 0.383 e. The molecular formula is C12H20ClN3O4S. The van der Waals surface area contributed by atoms with Gasteiger partial charge in [0.25, 0.3) is 5.91 Å². The lowest BCUT2D eigenvalue weighted by Crippen LogP contribution is -2.30. The predicted octanol–water partition coefficient (Wildman–Crippen LogP) is -0.278. The lowest BCUT2D eigenvalue weighted by atomic mass is 10.2. The Balaban J connectivity index is 0.00000400. The molecule has 7 nitrogen and oxygen atoms in total. The molecule has 120 valence electrons. The highest BCUT2D eigenvalue weighted by molar-refractivity contribution is 7.89. The molecule has 0 bridgehead atoms. The van der Waals surface area contributed by atoms with Crippen molar-refractivity contribution < 1.29 is 17.9 Å². The van der Waals surface area contributed by atoms with Crippen molar-refractivity contribution in [2.75, 3.05) is 33.4 Å². The van der Waals surface area contributed by atoms with Gasteiger partial charge in [0.05, 0.1) is 11.5 Å². The summed E-state index contributed by atoms with van der Waals surface area (Å²) in [7, 11) is -2.16. The number of hydrogen-bond acceptors (Lipinski definition) is 5. The van der Waals surface area contributed by atoms with E-state index in [9.17, 15) is 13.2 Å². The van der Waals surface area contributed by atoms with Crippen molar-refractivity contribution in [3.8, 4) is 0 Å². The fourth-order valence-corrected chi connectivity index (χ4v) is 2.51. The normalized spacial score (nSPS) is 10.8. The lowest BCUT2D eigenvalue weighted by Gasteiger charge is -2.08. The predicted molar refractivity (Wildman–Crippen MR) is 82.1 cm³/mol. The Morgan fingerprint density at radius 2 is 2.05 bits per heavy atom. The maximum absolute atomic E-state index is 12.0. The molecule has 1 aromatic carbocycles. The molecule has 1 rings (SSSR count). The lowest BCUT2D eigenvalue weighted by molar-refractivity contribution is 0.0954. The number of sulfonamides is 1. The van der Waals surface area contributed by atoms with Gasteiger partial charge in [0, 0.05) is 32.3 Å². The summed E-state index contributed by atoms with van der Waals surface area (Å²) in [5.41, 5.74) is 5.56. The zero-order valence-electron chi connectivity index (χ0n) is 11.7. The molecule has 0 saturated carbocycles. The average molecular weight is 338 g/mol. The van der Waals surface area contributed by atoms with Gasteiger partial charge < -0.3 is 15.8 Å². The van der Waals surface area contributed by atoms with E-state index in [1.165, 1.54) is 25.3 Å². The Morgan fingerprint density at radius 3 is 2.67 bits per heavy atom. The minimum atomic E-state index is -3.64. The second kappa shape index (κ2) is 9.69. The molecule has 0 atom stereocenters. The van der Waals surface area contributed by atoms with E-state index in [0.29, 0.717) is 13.1 Å². The standard InChI is InChI=1S/C12H19N3O4S.ClH/c1-19-8-7-15-20(17,18)11-4-2-3-10(9-11)12(16)14-6-5-13;/h2-4,9,15H,5-8,13H2,1H3,(H,14,16);1H. The van der Waals surface area contributed by atoms with Crippen molar-refractivity contribution >= 4 is 28.3 Å². The molecule has 0 fully saturated rings. The van der Waals surface area contributed by atoms with Crippen LogP contribution in [0.3, 0.4) is 0 Å². The Labute approximate surface area is 130 Å². The summed E-state index contributed by atoms with van der Waals surface area (Å²) in [6, 6.07) is 5.80. The van der Waals surface area contributed by atoms with Crippen LogP contribution in [0, 0.1) is 0 Å². The maximum atomic E-state index is 12.0. The van der Waals surface area contributed by atoms with Crippen LogP contribution >= 0.6 is 12.4 Å². The summed E-state index contributed by atoms with van der Waals surface area (Å²) < 4.78 is 31.1. The number of carbonyl (C=O) groups excluding carboxylic acids is 1. The van der Waals surface area contributed by atoms with Crippen molar-refractivity contribution in [2.45, 2.75) is 4.90 Å². The van der Waals surface area contributed by atoms with Crippen molar-refractivity contribution in [3.05, 3.63) is 29.8 Å². The van der Waals surface area contributed by atoms with Crippen molar-refractivity contribution in [1.29, 1.82) is 0 Å². The molecule has 4 N–H and O–H groups in total. The van der Waals surface area contributed by atoms with E-state index in [0.717, 1.165) is 0 Å². The van der Waals surface area contributed by atoms with Gasteiger partial charge in [-0.05, 0) is 18.2 Å². The molecule has 9 heteroatoms. The summed E-state index contributed by atoms with van der Waals surface area (Å²) in [5.74, 6) is -0.357. The van der Waals surface area contributed by atoms with Crippen molar-refractivity contribution in [3.63, 3.8) is 0 Å². The van der Waals surface area contributed by atoms with Gasteiger partial charge in [-0.1, -0.05) is 6.07 Å². The molecule has 0 heterocycles. The molecule has 0 spiro atoms. The minimum Gasteiger partial charge on any atom is -0.383 e. The zero-order chi connectivity index (χ0) is 15.0. The number of carbonyl (C=O) groups is 1. The highest BCUT2D eigenvalue weighted by atomic mass is 35.5. The van der Waals surface area contributed by atoms with E-state index in [1.54, 1.807) is 6.07 Å². The molecule has 0 unspecified atom stereocenters. The van der Waals surface area contributed by atoms with Crippen LogP contribution in [0.4, 0.5) is 0 Å². The first-order chi connectivity index (χ1) is 9.51. The first-order valence-corrected chi connectivity index (χ1v) is 7.56. The molecule has 0 aliphatic rings. The van der Waals surface area contributed by atoms with E-state index >= 15 is 0 Å². The van der Waals surface area contributed by atoms with Crippen LogP contribution in [0.5, 0.6) is 0 Å². The van der Waals surface area contributed by atoms with Crippen LogP contribution in [-0.4, -0.2) is 47.7 Å². The van der Waals surface area contributed by atoms with Gasteiger partial charge >= 0.3 is 0 Å². The third kappa shape index (κ3) is 6.40. The van der Waals surface area contributed by atoms with Crippen molar-refractivity contribution in [1.82, 2.24) is 10.0 Å². The zero-order valence-corrected chi connectivity index (χ0v) is 13.3. The third-order valence-electron chi connectivity index (χ3n) is 2.43. The van der Waals surface area contributed by atoms with Gasteiger partial charge in [-0.2, -0.15) is 0 Å². The van der Waals surface area contributed by atoms with Crippen LogP contribution in [0.15, 0.2) is 29.2 Å². The Hall–Kier alpha value is -1.19. The second-order valence-corrected chi connectivity index (χ2v) is 5.73. The number of halogens is 1. The SMILES string of the molecule is COCCNS(=O)(=O)c1cccc(C(=O)NCCN)c1.Cl. The fraction of sp³-hybridized carbons (Fsp3) is 0.417. The van der Waals surface area contributed by atoms with Gasteiger partial charge in [-0.3, -0.25) is 4.79 Å². The summed E-state index contributed by atoms with van der Waals surface area (Å²) >= 11 is 0. The van der Waals surface area contributed by atoms with E-state index in [4.69, 9.17) is 10.5 Å². The first-order valence-electron chi connectivity index (χ1n) is 6.08. The molecule has 0 aliphatic heterocycles. The van der Waals surface area contributed by atoms with Crippen LogP contribution < -0.4 is 15.8 Å². The van der Waals surface area contributed by atoms with Gasteiger partial charge in [0.1, 0.15) is 0 Å². The Kier molecular flexibility index (Phi) is 9.14. The van der Waals surface area contributed by atoms with Gasteiger partial charge in [0.15, 0.2) is 0 Å². The number of methoxy groups -OCH3 is 1. The molecule has 0 saturated heterocycles. The van der Waals surface area contributed by atoms with Crippen LogP contribution in [0.1, 0.15) is 10.4 Å². The van der Waals surface area contributed by atoms with Crippen molar-refractivity contribution in [2.24, 2.45) is 5.73 Å². The van der Waals surface area contributed by atoms with Gasteiger partial charge in [0.2, 0.25) is 10.0 Å².